The summed E-state index contributed by atoms with van der Waals surface area (Å²) in [5, 5.41) is 3.70. The lowest BCUT2D eigenvalue weighted by molar-refractivity contribution is 0.0953. The van der Waals surface area contributed by atoms with Gasteiger partial charge in [-0.2, -0.15) is 0 Å². The number of amides is 1. The Balaban J connectivity index is 2.50. The van der Waals surface area contributed by atoms with Crippen LogP contribution in [-0.4, -0.2) is 16.9 Å². The maximum Gasteiger partial charge on any atom is 0.251 e. The van der Waals surface area contributed by atoms with E-state index in [1.165, 1.54) is 0 Å². The fourth-order valence-corrected chi connectivity index (χ4v) is 2.00. The van der Waals surface area contributed by atoms with Gasteiger partial charge in [-0.05, 0) is 35.5 Å². The molecule has 0 aliphatic rings. The maximum atomic E-state index is 11.7. The Hall–Kier alpha value is -0.000000000000000111. The highest BCUT2D eigenvalue weighted by atomic mass is 127. The lowest BCUT2D eigenvalue weighted by Gasteiger charge is -2.05. The number of carbonyl (C=O) groups excluding carboxylic acids is 1. The molecular formula is C11H12Cl2INO. The van der Waals surface area contributed by atoms with Gasteiger partial charge in [0.1, 0.15) is 0 Å². The average Bonchev–Trinajstić information content (AvgIpc) is 2.28. The van der Waals surface area contributed by atoms with Crippen molar-refractivity contribution in [3.63, 3.8) is 0 Å². The number of rotatable bonds is 5. The van der Waals surface area contributed by atoms with Crippen molar-refractivity contribution < 1.29 is 4.79 Å². The number of unbranched alkanes of at least 4 members (excludes halogenated alkanes) is 1. The Morgan fingerprint density at radius 2 is 2.00 bits per heavy atom. The first-order valence-corrected chi connectivity index (χ1v) is 7.22. The first-order chi connectivity index (χ1) is 7.65. The minimum atomic E-state index is -0.105. The number of carbonyl (C=O) groups is 1. The molecule has 0 aliphatic heterocycles. The third kappa shape index (κ3) is 4.47. The molecule has 16 heavy (non-hydrogen) atoms. The fourth-order valence-electron chi connectivity index (χ4n) is 1.16. The van der Waals surface area contributed by atoms with Gasteiger partial charge in [0, 0.05) is 12.1 Å². The standard InChI is InChI=1S/C11H12Cl2INO/c12-9-4-3-8(7-10(9)13)11(16)15-6-2-1-5-14/h3-4,7H,1-2,5-6H2,(H,15,16). The first kappa shape index (κ1) is 14.1. The number of benzene rings is 1. The predicted octanol–water partition coefficient (Wildman–Crippen LogP) is 3.94. The number of alkyl halides is 1. The summed E-state index contributed by atoms with van der Waals surface area (Å²) in [6, 6.07) is 4.88. The van der Waals surface area contributed by atoms with Crippen LogP contribution >= 0.6 is 45.8 Å². The Bertz CT molecular complexity index is 371. The van der Waals surface area contributed by atoms with Crippen LogP contribution in [0.25, 0.3) is 0 Å². The van der Waals surface area contributed by atoms with Crippen molar-refractivity contribution in [1.29, 1.82) is 0 Å². The smallest absolute Gasteiger partial charge is 0.251 e. The molecule has 0 aromatic heterocycles. The maximum absolute atomic E-state index is 11.7. The molecule has 1 aromatic carbocycles. The van der Waals surface area contributed by atoms with E-state index < -0.39 is 0 Å². The van der Waals surface area contributed by atoms with Crippen LogP contribution in [-0.2, 0) is 0 Å². The highest BCUT2D eigenvalue weighted by Crippen LogP contribution is 2.22. The highest BCUT2D eigenvalue weighted by molar-refractivity contribution is 14.1. The molecule has 1 N–H and O–H groups in total. The van der Waals surface area contributed by atoms with Gasteiger partial charge in [0.15, 0.2) is 0 Å². The van der Waals surface area contributed by atoms with E-state index >= 15 is 0 Å². The lowest BCUT2D eigenvalue weighted by Crippen LogP contribution is -2.24. The molecule has 0 bridgehead atoms. The number of halogens is 3. The fraction of sp³-hybridized carbons (Fsp3) is 0.364. The second-order valence-electron chi connectivity index (χ2n) is 3.28. The summed E-state index contributed by atoms with van der Waals surface area (Å²) >= 11 is 13.9. The Kier molecular flexibility index (Phi) is 6.46. The van der Waals surface area contributed by atoms with Gasteiger partial charge in [0.05, 0.1) is 10.0 Å². The van der Waals surface area contributed by atoms with Crippen molar-refractivity contribution in [1.82, 2.24) is 5.32 Å². The predicted molar refractivity (Wildman–Crippen MR) is 76.9 cm³/mol. The highest BCUT2D eigenvalue weighted by Gasteiger charge is 2.06. The van der Waals surface area contributed by atoms with Crippen LogP contribution in [0.2, 0.25) is 10.0 Å². The van der Waals surface area contributed by atoms with Gasteiger partial charge >= 0.3 is 0 Å². The van der Waals surface area contributed by atoms with Crippen LogP contribution in [0.5, 0.6) is 0 Å². The van der Waals surface area contributed by atoms with E-state index in [0.29, 0.717) is 22.2 Å². The van der Waals surface area contributed by atoms with Crippen LogP contribution in [0.4, 0.5) is 0 Å². The molecule has 5 heteroatoms. The van der Waals surface area contributed by atoms with E-state index in [2.05, 4.69) is 27.9 Å². The third-order valence-corrected chi connectivity index (χ3v) is 3.53. The van der Waals surface area contributed by atoms with Crippen LogP contribution in [0.15, 0.2) is 18.2 Å². The molecule has 0 atom stereocenters. The molecule has 1 amide bonds. The van der Waals surface area contributed by atoms with E-state index in [1.54, 1.807) is 18.2 Å². The summed E-state index contributed by atoms with van der Waals surface area (Å²) in [7, 11) is 0. The molecule has 0 unspecified atom stereocenters. The molecular weight excluding hydrogens is 360 g/mol. The van der Waals surface area contributed by atoms with Gasteiger partial charge in [0.2, 0.25) is 0 Å². The van der Waals surface area contributed by atoms with Gasteiger partial charge in [-0.25, -0.2) is 0 Å². The monoisotopic (exact) mass is 371 g/mol. The SMILES string of the molecule is O=C(NCCCCI)c1ccc(Cl)c(Cl)c1. The molecule has 0 saturated heterocycles. The van der Waals surface area contributed by atoms with E-state index in [4.69, 9.17) is 23.2 Å². The Morgan fingerprint density at radius 1 is 1.25 bits per heavy atom. The van der Waals surface area contributed by atoms with Crippen molar-refractivity contribution in [3.05, 3.63) is 33.8 Å². The number of hydrogen-bond acceptors (Lipinski definition) is 1. The Labute approximate surface area is 119 Å². The Morgan fingerprint density at radius 3 is 2.62 bits per heavy atom. The molecule has 1 rings (SSSR count). The summed E-state index contributed by atoms with van der Waals surface area (Å²) in [4.78, 5) is 11.7. The molecule has 0 saturated carbocycles. The van der Waals surface area contributed by atoms with E-state index in [9.17, 15) is 4.79 Å². The largest absolute Gasteiger partial charge is 0.352 e. The van der Waals surface area contributed by atoms with Crippen LogP contribution in [0, 0.1) is 0 Å². The van der Waals surface area contributed by atoms with Crippen molar-refractivity contribution >= 4 is 51.7 Å². The summed E-state index contributed by atoms with van der Waals surface area (Å²) in [6.45, 7) is 0.697. The van der Waals surface area contributed by atoms with Gasteiger partial charge in [-0.1, -0.05) is 45.8 Å². The van der Waals surface area contributed by atoms with E-state index in [-0.39, 0.29) is 5.91 Å². The minimum Gasteiger partial charge on any atom is -0.352 e. The summed E-state index contributed by atoms with van der Waals surface area (Å²) in [5.41, 5.74) is 0.545. The van der Waals surface area contributed by atoms with Crippen molar-refractivity contribution in [3.8, 4) is 0 Å². The molecule has 0 fully saturated rings. The second-order valence-corrected chi connectivity index (χ2v) is 5.17. The third-order valence-electron chi connectivity index (χ3n) is 2.03. The molecule has 0 heterocycles. The zero-order chi connectivity index (χ0) is 12.0. The second kappa shape index (κ2) is 7.35. The van der Waals surface area contributed by atoms with E-state index in [0.717, 1.165) is 17.3 Å². The van der Waals surface area contributed by atoms with Crippen molar-refractivity contribution in [2.45, 2.75) is 12.8 Å². The normalized spacial score (nSPS) is 10.2. The van der Waals surface area contributed by atoms with Gasteiger partial charge in [0.25, 0.3) is 5.91 Å². The zero-order valence-electron chi connectivity index (χ0n) is 8.60. The minimum absolute atomic E-state index is 0.105. The first-order valence-electron chi connectivity index (χ1n) is 4.94. The van der Waals surface area contributed by atoms with Crippen LogP contribution in [0.3, 0.4) is 0 Å². The number of nitrogens with one attached hydrogen (secondary N) is 1. The lowest BCUT2D eigenvalue weighted by atomic mass is 10.2. The van der Waals surface area contributed by atoms with Gasteiger partial charge in [-0.15, -0.1) is 0 Å². The zero-order valence-corrected chi connectivity index (χ0v) is 12.3. The topological polar surface area (TPSA) is 29.1 Å². The molecule has 2 nitrogen and oxygen atoms in total. The average molecular weight is 372 g/mol. The van der Waals surface area contributed by atoms with Gasteiger partial charge in [-0.3, -0.25) is 4.79 Å². The quantitative estimate of drug-likeness (QED) is 0.474. The van der Waals surface area contributed by atoms with E-state index in [1.807, 2.05) is 0 Å². The van der Waals surface area contributed by atoms with Crippen LogP contribution in [0.1, 0.15) is 23.2 Å². The molecule has 0 aliphatic carbocycles. The molecule has 0 spiro atoms. The molecule has 0 radical (unpaired) electrons. The summed E-state index contributed by atoms with van der Waals surface area (Å²) < 4.78 is 1.11. The summed E-state index contributed by atoms with van der Waals surface area (Å²) in [5.74, 6) is -0.105. The van der Waals surface area contributed by atoms with Crippen molar-refractivity contribution in [2.75, 3.05) is 11.0 Å². The summed E-state index contributed by atoms with van der Waals surface area (Å²) in [6.07, 6.45) is 2.11. The number of hydrogen-bond donors (Lipinski definition) is 1. The van der Waals surface area contributed by atoms with Gasteiger partial charge < -0.3 is 5.32 Å². The molecule has 88 valence electrons. The molecule has 1 aromatic rings. The van der Waals surface area contributed by atoms with Crippen molar-refractivity contribution in [2.24, 2.45) is 0 Å². The van der Waals surface area contributed by atoms with Crippen LogP contribution < -0.4 is 5.32 Å².